The average Bonchev–Trinajstić information content (AvgIpc) is 1.35. The summed E-state index contributed by atoms with van der Waals surface area (Å²) in [6, 6.07) is 0. The average molecular weight is 161 g/mol. The van der Waals surface area contributed by atoms with E-state index in [1.807, 2.05) is 0 Å². The summed E-state index contributed by atoms with van der Waals surface area (Å²) < 4.78 is 3.41. The molecule has 0 amide bonds. The molecule has 0 saturated heterocycles. The minimum atomic E-state index is -4.88. The molecule has 7 nitrogen and oxygen atoms in total. The maximum atomic E-state index is 9.28. The maximum Gasteiger partial charge on any atom is 0.0171 e. The molecule has 62 valence electrons. The molecule has 0 atom stereocenters. The maximum absolute atomic E-state index is 9.28. The molecule has 0 rings (SSSR count). The van der Waals surface area contributed by atoms with Crippen molar-refractivity contribution in [3.8, 4) is 0 Å². The highest BCUT2D eigenvalue weighted by atomic mass is 28.4. The van der Waals surface area contributed by atoms with Crippen molar-refractivity contribution in [2.45, 2.75) is 0 Å². The van der Waals surface area contributed by atoms with Gasteiger partial charge in [-0.05, 0) is 0 Å². The zero-order valence-electron chi connectivity index (χ0n) is 6.13. The quantitative estimate of drug-likeness (QED) is 0.352. The smallest absolute Gasteiger partial charge is 0.0171 e. The van der Waals surface area contributed by atoms with Crippen LogP contribution in [0.15, 0.2) is 0 Å². The first-order valence-corrected chi connectivity index (χ1v) is 2.86. The largest absolute Gasteiger partial charge is 0.861 e. The molecule has 0 heterocycles. The lowest BCUT2D eigenvalue weighted by atomic mass is 11.8. The van der Waals surface area contributed by atoms with E-state index >= 15 is 0 Å². The van der Waals surface area contributed by atoms with E-state index in [-0.39, 0.29) is 18.5 Å². The lowest BCUT2D eigenvalue weighted by Crippen LogP contribution is -2.74. The summed E-state index contributed by atoms with van der Waals surface area (Å²) in [4.78, 5) is 27.8. The zero-order valence-corrected chi connectivity index (χ0v) is 7.13. The van der Waals surface area contributed by atoms with Crippen LogP contribution in [0.4, 0.5) is 0 Å². The van der Waals surface area contributed by atoms with E-state index in [9.17, 15) is 14.4 Å². The predicted octanol–water partition coefficient (Wildman–Crippen LogP) is -2.72. The van der Waals surface area contributed by atoms with Crippen LogP contribution in [-0.2, 0) is 4.43 Å². The predicted molar refractivity (Wildman–Crippen MR) is 30.7 cm³/mol. The van der Waals surface area contributed by atoms with Gasteiger partial charge < -0.3 is 37.3 Å². The van der Waals surface area contributed by atoms with Crippen LogP contribution in [0.3, 0.4) is 0 Å². The van der Waals surface area contributed by atoms with Gasteiger partial charge in [-0.3, -0.25) is 0 Å². The van der Waals surface area contributed by atoms with Gasteiger partial charge in [-0.2, -0.15) is 0 Å². The Balaban J connectivity index is -0.0000000417. The van der Waals surface area contributed by atoms with Crippen molar-refractivity contribution in [2.75, 3.05) is 7.11 Å². The van der Waals surface area contributed by atoms with Crippen molar-refractivity contribution < 1.29 is 18.8 Å². The molecule has 12 N–H and O–H groups in total. The molecule has 9 heavy (non-hydrogen) atoms. The van der Waals surface area contributed by atoms with Crippen LogP contribution in [-0.4, -0.2) is 16.2 Å². The van der Waals surface area contributed by atoms with Gasteiger partial charge in [-0.25, -0.2) is 0 Å². The molecule has 0 aromatic carbocycles. The second kappa shape index (κ2) is 7.94. The van der Waals surface area contributed by atoms with Gasteiger partial charge in [0.1, 0.15) is 0 Å². The third-order valence-corrected chi connectivity index (χ3v) is 0.750. The van der Waals surface area contributed by atoms with Crippen LogP contribution in [0.1, 0.15) is 0 Å². The molecule has 0 unspecified atom stereocenters. The minimum Gasteiger partial charge on any atom is -0.861 e. The Morgan fingerprint density at radius 2 is 1.11 bits per heavy atom. The van der Waals surface area contributed by atoms with Crippen LogP contribution >= 0.6 is 0 Å². The first kappa shape index (κ1) is 23.1. The van der Waals surface area contributed by atoms with E-state index < -0.39 is 9.05 Å². The molecule has 0 radical (unpaired) electrons. The molecular formula is CH15N3O4Si. The fourth-order valence-corrected chi connectivity index (χ4v) is 0. The van der Waals surface area contributed by atoms with Gasteiger partial charge in [0.2, 0.25) is 0 Å². The highest BCUT2D eigenvalue weighted by Crippen LogP contribution is 1.60. The fraction of sp³-hybridized carbons (Fsp3) is 1.00. The van der Waals surface area contributed by atoms with Gasteiger partial charge in [-0.15, -0.1) is 9.05 Å². The number of hydrogen-bond acceptors (Lipinski definition) is 4. The Bertz CT molecular complexity index is 45.6. The Morgan fingerprint density at radius 3 is 1.11 bits per heavy atom. The fourth-order valence-electron chi connectivity index (χ4n) is 0. The lowest BCUT2D eigenvalue weighted by Gasteiger charge is -2.52. The van der Waals surface area contributed by atoms with Crippen molar-refractivity contribution >= 4 is 9.05 Å². The number of quaternary nitrogens is 3. The van der Waals surface area contributed by atoms with E-state index in [2.05, 4.69) is 4.43 Å². The SMILES string of the molecule is CO[Si]([O-])([O-])[O-].[NH4+].[NH4+].[NH4+]. The molecular weight excluding hydrogens is 146 g/mol. The van der Waals surface area contributed by atoms with E-state index in [1.54, 1.807) is 0 Å². The van der Waals surface area contributed by atoms with Crippen LogP contribution in [0.5, 0.6) is 0 Å². The Labute approximate surface area is 54.5 Å². The zero-order chi connectivity index (χ0) is 5.21. The normalized spacial score (nSPS) is 8.00. The van der Waals surface area contributed by atoms with Crippen LogP contribution in [0.2, 0.25) is 0 Å². The van der Waals surface area contributed by atoms with Gasteiger partial charge in [0.05, 0.1) is 0 Å². The molecule has 0 fully saturated rings. The molecule has 0 aromatic heterocycles. The van der Waals surface area contributed by atoms with Crippen molar-refractivity contribution in [3.63, 3.8) is 0 Å². The second-order valence-corrected chi connectivity index (χ2v) is 2.11. The molecule has 0 aliphatic heterocycles. The number of rotatable bonds is 1. The summed E-state index contributed by atoms with van der Waals surface area (Å²) in [5, 5.41) is 0. The molecule has 0 saturated carbocycles. The topological polar surface area (TPSA) is 188 Å². The molecule has 0 aliphatic rings. The summed E-state index contributed by atoms with van der Waals surface area (Å²) in [6.07, 6.45) is 0. The van der Waals surface area contributed by atoms with E-state index in [0.29, 0.717) is 0 Å². The van der Waals surface area contributed by atoms with Crippen LogP contribution in [0, 0.1) is 0 Å². The van der Waals surface area contributed by atoms with E-state index in [0.717, 1.165) is 7.11 Å². The highest BCUT2D eigenvalue weighted by Gasteiger charge is 1.70. The molecule has 8 heteroatoms. The third kappa shape index (κ3) is 32.4. The molecule has 0 aromatic rings. The summed E-state index contributed by atoms with van der Waals surface area (Å²) >= 11 is 0. The van der Waals surface area contributed by atoms with Crippen LogP contribution in [0.25, 0.3) is 0 Å². The highest BCUT2D eigenvalue weighted by molar-refractivity contribution is 6.42. The van der Waals surface area contributed by atoms with Gasteiger partial charge in [0.15, 0.2) is 0 Å². The van der Waals surface area contributed by atoms with Crippen molar-refractivity contribution in [3.05, 3.63) is 0 Å². The summed E-state index contributed by atoms with van der Waals surface area (Å²) in [5.41, 5.74) is 0. The number of hydrogen-bond donors (Lipinski definition) is 3. The summed E-state index contributed by atoms with van der Waals surface area (Å²) in [6.45, 7) is 0. The second-order valence-electron chi connectivity index (χ2n) is 0.704. The van der Waals surface area contributed by atoms with Gasteiger partial charge in [0.25, 0.3) is 0 Å². The molecule has 0 aliphatic carbocycles. The lowest BCUT2D eigenvalue weighted by molar-refractivity contribution is -0.539. The summed E-state index contributed by atoms with van der Waals surface area (Å²) in [5.74, 6) is 0. The van der Waals surface area contributed by atoms with Crippen molar-refractivity contribution in [1.29, 1.82) is 0 Å². The first-order valence-electron chi connectivity index (χ1n) is 1.22. The standard InChI is InChI=1S/CH3O4Si.3H3N/c1-5-6(2,3)4;;;/h1H3;3*1H3/q-3;;;/p+3. The van der Waals surface area contributed by atoms with Crippen LogP contribution < -0.4 is 32.8 Å². The first-order chi connectivity index (χ1) is 2.56. The van der Waals surface area contributed by atoms with Crippen molar-refractivity contribution in [2.24, 2.45) is 0 Å². The summed E-state index contributed by atoms with van der Waals surface area (Å²) in [7, 11) is -4.05. The third-order valence-electron chi connectivity index (χ3n) is 0.250. The van der Waals surface area contributed by atoms with Gasteiger partial charge in [0, 0.05) is 7.11 Å². The monoisotopic (exact) mass is 161 g/mol. The van der Waals surface area contributed by atoms with Gasteiger partial charge in [-0.1, -0.05) is 0 Å². The van der Waals surface area contributed by atoms with Gasteiger partial charge >= 0.3 is 0 Å². The van der Waals surface area contributed by atoms with E-state index in [1.165, 1.54) is 0 Å². The molecule has 0 spiro atoms. The Morgan fingerprint density at radius 1 is 1.00 bits per heavy atom. The Hall–Kier alpha value is -0.0631. The minimum absolute atomic E-state index is 0. The molecule has 0 bridgehead atoms. The van der Waals surface area contributed by atoms with Crippen molar-refractivity contribution in [1.82, 2.24) is 18.5 Å². The Kier molecular flexibility index (Phi) is 20.4. The van der Waals surface area contributed by atoms with E-state index in [4.69, 9.17) is 0 Å².